The molecule has 242 valence electrons. The summed E-state index contributed by atoms with van der Waals surface area (Å²) in [5, 5.41) is 29.5. The number of hydroxylamine groups is 2. The zero-order valence-electron chi connectivity index (χ0n) is 23.0. The Kier molecular flexibility index (Phi) is 35.3. The third-order valence-corrected chi connectivity index (χ3v) is 6.32. The van der Waals surface area contributed by atoms with Crippen LogP contribution in [-0.2, 0) is 36.9 Å². The van der Waals surface area contributed by atoms with Crippen molar-refractivity contribution in [2.45, 2.75) is 26.8 Å². The predicted molar refractivity (Wildman–Crippen MR) is 163 cm³/mol. The molecule has 0 fully saturated rings. The van der Waals surface area contributed by atoms with Crippen LogP contribution in [0.25, 0.3) is 0 Å². The minimum atomic E-state index is -1.44. The molecule has 3 N–H and O–H groups in total. The predicted octanol–water partition coefficient (Wildman–Crippen LogP) is -1.66. The minimum absolute atomic E-state index is 0. The number of rotatable bonds is 9. The Bertz CT molecular complexity index is 1140. The molecule has 0 aliphatic heterocycles. The molecule has 12 nitrogen and oxygen atoms in total. The first-order valence-corrected chi connectivity index (χ1v) is 12.8. The zero-order chi connectivity index (χ0) is 30.1. The summed E-state index contributed by atoms with van der Waals surface area (Å²) in [5.41, 5.74) is 3.25. The number of nitrogens with one attached hydrogen (secondary N) is 1. The molecule has 1 unspecified atom stereocenters. The summed E-state index contributed by atoms with van der Waals surface area (Å²) < 4.78 is 24.8. The van der Waals surface area contributed by atoms with E-state index in [4.69, 9.17) is 43.0 Å². The van der Waals surface area contributed by atoms with Crippen LogP contribution in [0.2, 0.25) is 10.0 Å². The van der Waals surface area contributed by atoms with Crippen LogP contribution >= 0.6 is 55.1 Å². The Labute approximate surface area is 319 Å². The molecular formula is C24H32Br2CaCl4N2O10. The molecule has 0 aromatic heterocycles. The largest absolute Gasteiger partial charge is 2.00 e. The summed E-state index contributed by atoms with van der Waals surface area (Å²) in [4.78, 5) is 21.1. The van der Waals surface area contributed by atoms with E-state index >= 15 is 0 Å². The molecule has 0 radical (unpaired) electrons. The molecule has 2 aromatic rings. The van der Waals surface area contributed by atoms with Gasteiger partial charge in [0, 0.05) is 17.7 Å². The van der Waals surface area contributed by atoms with Crippen LogP contribution in [0.1, 0.15) is 18.6 Å². The van der Waals surface area contributed by atoms with Crippen LogP contribution < -0.4 is 39.8 Å². The fourth-order valence-corrected chi connectivity index (χ4v) is 4.04. The molecule has 2 rings (SSSR count). The molecule has 0 aliphatic rings. The van der Waals surface area contributed by atoms with Gasteiger partial charge in [0.25, 0.3) is 12.5 Å². The van der Waals surface area contributed by atoms with Gasteiger partial charge >= 0.3 is 49.7 Å². The summed E-state index contributed by atoms with van der Waals surface area (Å²) in [6.45, 7) is 0.137. The van der Waals surface area contributed by atoms with Crippen LogP contribution in [0.4, 0.5) is 0 Å². The smallest absolute Gasteiger partial charge is 1.00 e. The molecule has 43 heavy (non-hydrogen) atoms. The number of halogens is 6. The van der Waals surface area contributed by atoms with Crippen molar-refractivity contribution in [1.29, 1.82) is 0 Å². The van der Waals surface area contributed by atoms with Crippen LogP contribution in [0.3, 0.4) is 0 Å². The third kappa shape index (κ3) is 19.1. The van der Waals surface area contributed by atoms with Gasteiger partial charge in [0.1, 0.15) is 11.5 Å². The van der Waals surface area contributed by atoms with Gasteiger partial charge in [-0.25, -0.2) is 19.8 Å². The van der Waals surface area contributed by atoms with Crippen molar-refractivity contribution in [3.8, 4) is 11.5 Å². The second-order valence-electron chi connectivity index (χ2n) is 6.76. The normalized spacial score (nSPS) is 10.2. The van der Waals surface area contributed by atoms with E-state index in [1.54, 1.807) is 31.4 Å². The number of esters is 2. The van der Waals surface area contributed by atoms with Gasteiger partial charge in [-0.2, -0.15) is 0 Å². The van der Waals surface area contributed by atoms with Crippen molar-refractivity contribution >= 4 is 111 Å². The SMILES string of the molecule is C.COC(=O)/C=[N+](\[O-])Cc1c(Cl)ccc(Br)c1OC.COC(=O)C(O)OC.COc1c(Br)ccc(Cl)c1CNO.[Ca+2].[Cl-].[Cl-]. The Hall–Kier alpha value is -0.330. The minimum Gasteiger partial charge on any atom is -1.00 e. The first kappa shape index (κ1) is 52.2. The maximum Gasteiger partial charge on any atom is 2.00 e. The quantitative estimate of drug-likeness (QED) is 0.0505. The van der Waals surface area contributed by atoms with Crippen LogP contribution in [0, 0.1) is 5.21 Å². The zero-order valence-corrected chi connectivity index (χ0v) is 31.4. The van der Waals surface area contributed by atoms with E-state index in [0.29, 0.717) is 36.3 Å². The molecule has 19 heteroatoms. The topological polar surface area (TPSA) is 159 Å². The number of hydrogen-bond donors (Lipinski definition) is 3. The van der Waals surface area contributed by atoms with E-state index in [0.717, 1.165) is 16.3 Å². The van der Waals surface area contributed by atoms with Gasteiger partial charge in [0.15, 0.2) is 6.54 Å². The molecule has 0 amide bonds. The van der Waals surface area contributed by atoms with Crippen molar-refractivity contribution in [2.24, 2.45) is 0 Å². The Balaban J connectivity index is -0.000000171. The number of ether oxygens (including phenoxy) is 5. The average molecular weight is 850 g/mol. The molecule has 0 saturated carbocycles. The molecule has 0 saturated heterocycles. The van der Waals surface area contributed by atoms with E-state index in [9.17, 15) is 14.8 Å². The Morgan fingerprint density at radius 2 is 1.40 bits per heavy atom. The Morgan fingerprint density at radius 1 is 0.953 bits per heavy atom. The standard InChI is InChI=1S/C11H11BrClNO4.C8H9BrClNO2.C4H8O4.CH4.Ca.2ClH/c1-17-10(15)6-14(16)5-7-9(13)4-3-8(12)11(7)18-2;1-13-8-5(4-11-12)7(10)3-2-6(8)9;1-7-3(5)4(6)8-2;;;;/h3-4,6H,5H2,1-2H3;2-3,11-12H,4H2,1H3;3,5H,1-2H3;1H4;;2*1H/q;;;;+2;;/p-2/b14-6-;;;;;;. The van der Waals surface area contributed by atoms with Crippen molar-refractivity contribution in [3.63, 3.8) is 0 Å². The average Bonchev–Trinajstić information content (AvgIpc) is 2.92. The van der Waals surface area contributed by atoms with Crippen molar-refractivity contribution < 1.29 is 73.1 Å². The van der Waals surface area contributed by atoms with Gasteiger partial charge in [-0.15, -0.1) is 0 Å². The number of carbonyl (C=O) groups is 2. The number of benzene rings is 2. The number of carbonyl (C=O) groups excluding carboxylic acids is 2. The van der Waals surface area contributed by atoms with E-state index in [1.807, 2.05) is 5.48 Å². The van der Waals surface area contributed by atoms with Crippen molar-refractivity contribution in [2.75, 3.05) is 35.5 Å². The number of methoxy groups -OCH3 is 5. The molecular weight excluding hydrogens is 818 g/mol. The molecule has 0 heterocycles. The second kappa shape index (κ2) is 29.1. The number of nitrogens with zero attached hydrogens (tertiary/aromatic N) is 1. The summed E-state index contributed by atoms with van der Waals surface area (Å²) in [6.07, 6.45) is -0.642. The first-order valence-electron chi connectivity index (χ1n) is 10.5. The third-order valence-electron chi connectivity index (χ3n) is 4.37. The molecule has 2 aromatic carbocycles. The fraction of sp³-hybridized carbons (Fsp3) is 0.375. The summed E-state index contributed by atoms with van der Waals surface area (Å²) in [5.74, 6) is -0.418. The monoisotopic (exact) mass is 846 g/mol. The van der Waals surface area contributed by atoms with E-state index < -0.39 is 18.2 Å². The van der Waals surface area contributed by atoms with Gasteiger partial charge in [0.05, 0.1) is 54.5 Å². The molecule has 0 bridgehead atoms. The van der Waals surface area contributed by atoms with Crippen molar-refractivity contribution in [1.82, 2.24) is 5.48 Å². The van der Waals surface area contributed by atoms with Gasteiger partial charge in [-0.1, -0.05) is 30.6 Å². The number of aliphatic hydroxyl groups excluding tert-OH is 1. The van der Waals surface area contributed by atoms with Gasteiger partial charge in [-0.3, -0.25) is 0 Å². The Morgan fingerprint density at radius 3 is 1.74 bits per heavy atom. The summed E-state index contributed by atoms with van der Waals surface area (Å²) in [7, 11) is 6.60. The van der Waals surface area contributed by atoms with Crippen LogP contribution in [0.5, 0.6) is 11.5 Å². The van der Waals surface area contributed by atoms with E-state index in [2.05, 4.69) is 46.1 Å². The first-order chi connectivity index (χ1) is 18.4. The number of aliphatic hydroxyl groups is 1. The second-order valence-corrected chi connectivity index (χ2v) is 9.28. The van der Waals surface area contributed by atoms with Crippen LogP contribution in [-0.4, -0.2) is 113 Å². The van der Waals surface area contributed by atoms with Gasteiger partial charge in [0.2, 0.25) is 0 Å². The molecule has 0 spiro atoms. The number of hydrogen-bond acceptors (Lipinski definition) is 11. The molecule has 0 aliphatic carbocycles. The van der Waals surface area contributed by atoms with E-state index in [-0.39, 0.29) is 83.1 Å². The summed E-state index contributed by atoms with van der Waals surface area (Å²) in [6, 6.07) is 6.88. The molecule has 1 atom stereocenters. The summed E-state index contributed by atoms with van der Waals surface area (Å²) >= 11 is 18.5. The van der Waals surface area contributed by atoms with Crippen molar-refractivity contribution in [3.05, 3.63) is 59.6 Å². The van der Waals surface area contributed by atoms with Gasteiger partial charge in [-0.05, 0) is 56.1 Å². The van der Waals surface area contributed by atoms with Crippen LogP contribution in [0.15, 0.2) is 33.2 Å². The maximum absolute atomic E-state index is 11.5. The van der Waals surface area contributed by atoms with Gasteiger partial charge < -0.3 is 64.0 Å². The fourth-order valence-electron chi connectivity index (χ4n) is 2.55. The van der Waals surface area contributed by atoms with E-state index in [1.165, 1.54) is 28.4 Å². The maximum atomic E-state index is 11.5.